The summed E-state index contributed by atoms with van der Waals surface area (Å²) < 4.78 is 0. The minimum absolute atomic E-state index is 0.0890. The fraction of sp³-hybridized carbons (Fsp3) is 0.0278. The van der Waals surface area contributed by atoms with Gasteiger partial charge < -0.3 is 20.4 Å². The lowest BCUT2D eigenvalue weighted by molar-refractivity contribution is 0.854. The van der Waals surface area contributed by atoms with Crippen molar-refractivity contribution >= 4 is 116 Å². The van der Waals surface area contributed by atoms with Crippen LogP contribution in [0, 0.1) is 0 Å². The molecule has 0 fully saturated rings. The van der Waals surface area contributed by atoms with E-state index in [1.165, 1.54) is 100 Å². The summed E-state index contributed by atoms with van der Waals surface area (Å²) in [5.74, 6) is 0.261. The molecule has 0 saturated heterocycles. The van der Waals surface area contributed by atoms with Gasteiger partial charge in [0.2, 0.25) is 0 Å². The molecule has 2 radical (unpaired) electrons. The maximum absolute atomic E-state index is 3.98. The van der Waals surface area contributed by atoms with E-state index in [0.717, 1.165) is 51.4 Å². The van der Waals surface area contributed by atoms with Gasteiger partial charge in [-0.1, -0.05) is 228 Å². The van der Waals surface area contributed by atoms with Gasteiger partial charge in [0.25, 0.3) is 6.71 Å². The van der Waals surface area contributed by atoms with Crippen molar-refractivity contribution in [2.75, 3.05) is 20.4 Å². The van der Waals surface area contributed by atoms with E-state index < -0.39 is 0 Å². The molecule has 1 aliphatic carbocycles. The van der Waals surface area contributed by atoms with Crippen molar-refractivity contribution < 1.29 is 0 Å². The standard InChI is InChI=1S/C72H49B3N4/c1-7-20-46(21-8-1)50-34-38-56-62(42-50)78-64-44-52(48-24-11-3-12-25-48)36-40-58(64)75-59-41-37-53(49-26-13-4-14-27-49)45-65(59)79-63-43-51(47-22-9-2-10-23-47)35-39-57(63)74-69-67(68(73-56)71(78)70(75)72(69)79)66-60(76-54-28-15-5-16-29-54)32-19-33-61(66)77-55-30-17-6-18-31-55/h1-26,28-45,49,76-77H,27H2. The molecule has 366 valence electrons. The van der Waals surface area contributed by atoms with Crippen molar-refractivity contribution in [3.8, 4) is 44.5 Å². The second kappa shape index (κ2) is 18.5. The Morgan fingerprint density at radius 3 is 1.34 bits per heavy atom. The molecule has 5 aliphatic rings. The topological polar surface area (TPSA) is 30.5 Å². The van der Waals surface area contributed by atoms with Gasteiger partial charge >= 0.3 is 0 Å². The first-order valence-corrected chi connectivity index (χ1v) is 27.6. The Morgan fingerprint density at radius 2 is 0.848 bits per heavy atom. The third-order valence-electron chi connectivity index (χ3n) is 16.8. The molecule has 4 nitrogen and oxygen atoms in total. The summed E-state index contributed by atoms with van der Waals surface area (Å²) in [5, 5.41) is 7.96. The van der Waals surface area contributed by atoms with Crippen LogP contribution in [0.3, 0.4) is 0 Å². The molecule has 1 atom stereocenters. The van der Waals surface area contributed by atoms with Crippen LogP contribution in [0.4, 0.5) is 56.9 Å². The predicted molar refractivity (Wildman–Crippen MR) is 337 cm³/mol. The van der Waals surface area contributed by atoms with Crippen LogP contribution in [0.15, 0.2) is 267 Å². The SMILES string of the molecule is [B]1c2ccc(-c3ccccc3)cc2N2c3cc(-c4ccccc4)ccc3B3c4ccc(C5C=CC=CC5)cc4N4c5cc(-c6ccccc6)ccc5[B]c5c(-c6c(Nc7ccccc7)cccc6Nc6ccccc6)c1c2c3c54. The Hall–Kier alpha value is -9.71. The van der Waals surface area contributed by atoms with Crippen molar-refractivity contribution in [3.63, 3.8) is 0 Å². The average molecular weight is 1000 g/mol. The fourth-order valence-corrected chi connectivity index (χ4v) is 13.2. The molecule has 1 unspecified atom stereocenters. The van der Waals surface area contributed by atoms with Crippen LogP contribution in [0.2, 0.25) is 0 Å². The van der Waals surface area contributed by atoms with Crippen LogP contribution in [-0.4, -0.2) is 21.3 Å². The molecule has 4 aliphatic heterocycles. The lowest BCUT2D eigenvalue weighted by Crippen LogP contribution is -2.67. The number of anilines is 10. The maximum Gasteiger partial charge on any atom is 0.252 e. The normalized spacial score (nSPS) is 14.4. The number of para-hydroxylation sites is 2. The number of fused-ring (bicyclic) bond motifs is 10. The number of nitrogens with zero attached hydrogens (tertiary/aromatic N) is 2. The Labute approximate surface area is 463 Å². The van der Waals surface area contributed by atoms with Crippen molar-refractivity contribution in [2.45, 2.75) is 12.3 Å². The Balaban J connectivity index is 1.06. The molecule has 16 rings (SSSR count). The zero-order chi connectivity index (χ0) is 52.0. The number of nitrogens with one attached hydrogen (secondary N) is 2. The summed E-state index contributed by atoms with van der Waals surface area (Å²) in [6, 6.07) is 89.4. The van der Waals surface area contributed by atoms with Gasteiger partial charge in [-0.05, 0) is 128 Å². The van der Waals surface area contributed by atoms with E-state index in [-0.39, 0.29) is 12.6 Å². The zero-order valence-electron chi connectivity index (χ0n) is 43.3. The van der Waals surface area contributed by atoms with Crippen molar-refractivity contribution in [2.24, 2.45) is 0 Å². The maximum atomic E-state index is 3.98. The first-order valence-electron chi connectivity index (χ1n) is 27.6. The predicted octanol–water partition coefficient (Wildman–Crippen LogP) is 13.5. The zero-order valence-corrected chi connectivity index (χ0v) is 43.3. The smallest absolute Gasteiger partial charge is 0.252 e. The molecular formula is C72H49B3N4. The van der Waals surface area contributed by atoms with E-state index in [0.29, 0.717) is 0 Å². The van der Waals surface area contributed by atoms with E-state index in [1.807, 2.05) is 0 Å². The Kier molecular flexibility index (Phi) is 10.7. The molecule has 2 N–H and O–H groups in total. The number of benzene rings is 11. The van der Waals surface area contributed by atoms with Gasteiger partial charge in [0, 0.05) is 68.4 Å². The largest absolute Gasteiger partial charge is 0.355 e. The van der Waals surface area contributed by atoms with E-state index in [1.54, 1.807) is 0 Å². The molecule has 0 saturated carbocycles. The summed E-state index contributed by atoms with van der Waals surface area (Å²) >= 11 is 0. The van der Waals surface area contributed by atoms with Crippen molar-refractivity contribution in [3.05, 3.63) is 273 Å². The van der Waals surface area contributed by atoms with E-state index in [9.17, 15) is 0 Å². The summed E-state index contributed by atoms with van der Waals surface area (Å²) in [6.45, 7) is -0.0890. The minimum Gasteiger partial charge on any atom is -0.355 e. The second-order valence-corrected chi connectivity index (χ2v) is 21.3. The lowest BCUT2D eigenvalue weighted by atomic mass is 9.31. The number of hydrogen-bond acceptors (Lipinski definition) is 4. The van der Waals surface area contributed by atoms with Gasteiger partial charge in [-0.3, -0.25) is 0 Å². The van der Waals surface area contributed by atoms with Gasteiger partial charge in [0.15, 0.2) is 14.6 Å². The molecule has 0 aromatic heterocycles. The number of hydrogen-bond donors (Lipinski definition) is 2. The van der Waals surface area contributed by atoms with Gasteiger partial charge in [0.1, 0.15) is 0 Å². The van der Waals surface area contributed by atoms with Crippen LogP contribution in [0.5, 0.6) is 0 Å². The van der Waals surface area contributed by atoms with Gasteiger partial charge in [0.05, 0.1) is 0 Å². The molecule has 7 heteroatoms. The molecule has 4 heterocycles. The first-order chi connectivity index (χ1) is 39.2. The van der Waals surface area contributed by atoms with Crippen molar-refractivity contribution in [1.29, 1.82) is 0 Å². The average Bonchev–Trinajstić information content (AvgIpc) is 2.85. The fourth-order valence-electron chi connectivity index (χ4n) is 13.2. The second-order valence-electron chi connectivity index (χ2n) is 21.3. The first kappa shape index (κ1) is 45.5. The highest BCUT2D eigenvalue weighted by Crippen LogP contribution is 2.50. The molecule has 79 heavy (non-hydrogen) atoms. The van der Waals surface area contributed by atoms with E-state index >= 15 is 0 Å². The lowest BCUT2D eigenvalue weighted by Gasteiger charge is -2.50. The molecule has 0 bridgehead atoms. The van der Waals surface area contributed by atoms with Crippen LogP contribution in [0.1, 0.15) is 17.9 Å². The molecule has 0 amide bonds. The monoisotopic (exact) mass is 1000 g/mol. The highest BCUT2D eigenvalue weighted by Gasteiger charge is 2.50. The van der Waals surface area contributed by atoms with Gasteiger partial charge in [-0.2, -0.15) is 0 Å². The van der Waals surface area contributed by atoms with Crippen LogP contribution in [-0.2, 0) is 0 Å². The highest BCUT2D eigenvalue weighted by atomic mass is 15.2. The Morgan fingerprint density at radius 1 is 0.392 bits per heavy atom. The number of rotatable bonds is 9. The summed E-state index contributed by atoms with van der Waals surface area (Å²) in [5.41, 5.74) is 30.6. The summed E-state index contributed by atoms with van der Waals surface area (Å²) in [7, 11) is 5.01. The summed E-state index contributed by atoms with van der Waals surface area (Å²) in [4.78, 5) is 5.32. The van der Waals surface area contributed by atoms with Gasteiger partial charge in [-0.25, -0.2) is 0 Å². The van der Waals surface area contributed by atoms with E-state index in [4.69, 9.17) is 0 Å². The third-order valence-corrected chi connectivity index (χ3v) is 16.8. The molecular weight excluding hydrogens is 953 g/mol. The van der Waals surface area contributed by atoms with Crippen molar-refractivity contribution in [1.82, 2.24) is 0 Å². The molecule has 11 aromatic rings. The summed E-state index contributed by atoms with van der Waals surface area (Å²) in [6.07, 6.45) is 10.0. The minimum atomic E-state index is -0.0890. The molecule has 0 spiro atoms. The van der Waals surface area contributed by atoms with Crippen LogP contribution in [0.25, 0.3) is 44.5 Å². The Bertz CT molecular complexity index is 4240. The number of allylic oxidation sites excluding steroid dienone is 4. The van der Waals surface area contributed by atoms with Gasteiger partial charge in [-0.15, -0.1) is 0 Å². The highest BCUT2D eigenvalue weighted by molar-refractivity contribution is 7.02. The third kappa shape index (κ3) is 7.48. The van der Waals surface area contributed by atoms with Crippen LogP contribution >= 0.6 is 0 Å². The van der Waals surface area contributed by atoms with Crippen LogP contribution < -0.4 is 58.7 Å². The van der Waals surface area contributed by atoms with E-state index in [2.05, 4.69) is 302 Å². The quantitative estimate of drug-likeness (QED) is 0.141. The molecule has 11 aromatic carbocycles.